The van der Waals surface area contributed by atoms with E-state index in [-0.39, 0.29) is 5.75 Å². The lowest BCUT2D eigenvalue weighted by atomic mass is 9.90. The summed E-state index contributed by atoms with van der Waals surface area (Å²) in [6.07, 6.45) is -4.00. The van der Waals surface area contributed by atoms with Crippen LogP contribution < -0.4 is 14.2 Å². The Labute approximate surface area is 193 Å². The third-order valence-corrected chi connectivity index (χ3v) is 6.48. The molecule has 0 bridgehead atoms. The Bertz CT molecular complexity index is 1130. The Morgan fingerprint density at radius 1 is 1.06 bits per heavy atom. The van der Waals surface area contributed by atoms with Crippen LogP contribution in [0.1, 0.15) is 27.6 Å². The fourth-order valence-corrected chi connectivity index (χ4v) is 4.87. The van der Waals surface area contributed by atoms with Gasteiger partial charge in [0.1, 0.15) is 5.75 Å². The number of thiophene rings is 1. The van der Waals surface area contributed by atoms with Crippen LogP contribution in [0.2, 0.25) is 0 Å². The van der Waals surface area contributed by atoms with Gasteiger partial charge >= 0.3 is 6.18 Å². The number of hydrogen-bond donors (Lipinski definition) is 0. The number of carbonyl (C=O) groups is 1. The Hall–Kier alpha value is -3.20. The zero-order valence-electron chi connectivity index (χ0n) is 18.0. The number of nitrogens with zero attached hydrogens (tertiary/aromatic N) is 1. The molecule has 1 aliphatic heterocycles. The van der Waals surface area contributed by atoms with Crippen molar-refractivity contribution in [1.82, 2.24) is 4.90 Å². The maximum absolute atomic E-state index is 13.3. The summed E-state index contributed by atoms with van der Waals surface area (Å²) in [7, 11) is 3.11. The molecule has 0 aliphatic carbocycles. The van der Waals surface area contributed by atoms with E-state index in [2.05, 4.69) is 0 Å². The predicted molar refractivity (Wildman–Crippen MR) is 118 cm³/mol. The number of amides is 1. The van der Waals surface area contributed by atoms with Crippen LogP contribution in [0.5, 0.6) is 17.2 Å². The molecular formula is C24H22F3NO4S. The van der Waals surface area contributed by atoms with Crippen molar-refractivity contribution >= 4 is 17.2 Å². The highest BCUT2D eigenvalue weighted by Crippen LogP contribution is 2.42. The Morgan fingerprint density at radius 2 is 1.79 bits per heavy atom. The van der Waals surface area contributed by atoms with Crippen molar-refractivity contribution in [2.45, 2.75) is 18.6 Å². The molecule has 0 fully saturated rings. The highest BCUT2D eigenvalue weighted by atomic mass is 32.1. The average molecular weight is 478 g/mol. The number of ether oxygens (including phenoxy) is 3. The largest absolute Gasteiger partial charge is 0.493 e. The lowest BCUT2D eigenvalue weighted by Crippen LogP contribution is -2.42. The summed E-state index contributed by atoms with van der Waals surface area (Å²) >= 11 is 1.50. The summed E-state index contributed by atoms with van der Waals surface area (Å²) in [5, 5.41) is 1.92. The topological polar surface area (TPSA) is 48.0 Å². The molecule has 1 unspecified atom stereocenters. The summed E-state index contributed by atoms with van der Waals surface area (Å²) in [6.45, 7) is -0.105. The summed E-state index contributed by atoms with van der Waals surface area (Å²) < 4.78 is 56.1. The molecule has 0 saturated heterocycles. The zero-order valence-corrected chi connectivity index (χ0v) is 18.8. The van der Waals surface area contributed by atoms with Gasteiger partial charge in [-0.05, 0) is 53.3 Å². The van der Waals surface area contributed by atoms with Gasteiger partial charge < -0.3 is 19.1 Å². The molecule has 4 rings (SSSR count). The second kappa shape index (κ2) is 9.35. The lowest BCUT2D eigenvalue weighted by Gasteiger charge is -2.37. The van der Waals surface area contributed by atoms with Crippen LogP contribution in [-0.4, -0.2) is 38.2 Å². The highest BCUT2D eigenvalue weighted by molar-refractivity contribution is 7.10. The van der Waals surface area contributed by atoms with Gasteiger partial charge in [-0.25, -0.2) is 0 Å². The second-order valence-corrected chi connectivity index (χ2v) is 8.42. The van der Waals surface area contributed by atoms with Gasteiger partial charge in [0, 0.05) is 11.4 Å². The average Bonchev–Trinajstić information content (AvgIpc) is 3.35. The van der Waals surface area contributed by atoms with E-state index in [1.165, 1.54) is 29.5 Å². The number of fused-ring (bicyclic) bond motifs is 1. The maximum Gasteiger partial charge on any atom is 0.419 e. The molecule has 9 heteroatoms. The summed E-state index contributed by atoms with van der Waals surface area (Å²) in [5.74, 6) is 0.385. The molecule has 174 valence electrons. The first kappa shape index (κ1) is 23.0. The van der Waals surface area contributed by atoms with Crippen molar-refractivity contribution in [3.8, 4) is 17.2 Å². The smallest absolute Gasteiger partial charge is 0.419 e. The first-order valence-corrected chi connectivity index (χ1v) is 11.1. The van der Waals surface area contributed by atoms with Crippen molar-refractivity contribution in [1.29, 1.82) is 0 Å². The van der Waals surface area contributed by atoms with Gasteiger partial charge in [0.25, 0.3) is 5.91 Å². The van der Waals surface area contributed by atoms with E-state index in [9.17, 15) is 18.0 Å². The lowest BCUT2D eigenvalue weighted by molar-refractivity contribution is -0.141. The number of alkyl halides is 3. The van der Waals surface area contributed by atoms with Gasteiger partial charge in [0.2, 0.25) is 0 Å². The molecular weight excluding hydrogens is 455 g/mol. The second-order valence-electron chi connectivity index (χ2n) is 7.44. The fourth-order valence-electron chi connectivity index (χ4n) is 4.02. The molecule has 1 aromatic heterocycles. The van der Waals surface area contributed by atoms with Crippen LogP contribution in [0.25, 0.3) is 0 Å². The summed E-state index contributed by atoms with van der Waals surface area (Å²) in [4.78, 5) is 15.8. The van der Waals surface area contributed by atoms with E-state index in [4.69, 9.17) is 14.2 Å². The van der Waals surface area contributed by atoms with Crippen LogP contribution >= 0.6 is 11.3 Å². The number of para-hydroxylation sites is 1. The number of rotatable bonds is 6. The monoisotopic (exact) mass is 477 g/mol. The zero-order chi connectivity index (χ0) is 23.6. The number of carbonyl (C=O) groups excluding carboxylic acids is 1. The van der Waals surface area contributed by atoms with Crippen LogP contribution in [0.15, 0.2) is 53.9 Å². The minimum absolute atomic E-state index is 0.366. The van der Waals surface area contributed by atoms with E-state index in [1.54, 1.807) is 19.1 Å². The molecule has 0 radical (unpaired) electrons. The van der Waals surface area contributed by atoms with Gasteiger partial charge in [-0.1, -0.05) is 18.2 Å². The quantitative estimate of drug-likeness (QED) is 0.481. The number of hydrogen-bond acceptors (Lipinski definition) is 5. The van der Waals surface area contributed by atoms with E-state index in [0.29, 0.717) is 24.5 Å². The van der Waals surface area contributed by atoms with Gasteiger partial charge in [0.15, 0.2) is 18.1 Å². The molecule has 33 heavy (non-hydrogen) atoms. The van der Waals surface area contributed by atoms with Crippen molar-refractivity contribution < 1.29 is 32.2 Å². The van der Waals surface area contributed by atoms with Crippen LogP contribution in [0.4, 0.5) is 13.2 Å². The van der Waals surface area contributed by atoms with Gasteiger partial charge in [0.05, 0.1) is 25.8 Å². The number of halogens is 3. The fraction of sp³-hybridized carbons (Fsp3) is 0.292. The van der Waals surface area contributed by atoms with Gasteiger partial charge in [-0.3, -0.25) is 4.79 Å². The first-order chi connectivity index (χ1) is 15.8. The van der Waals surface area contributed by atoms with Crippen LogP contribution in [-0.2, 0) is 17.4 Å². The molecule has 1 aliphatic rings. The minimum Gasteiger partial charge on any atom is -0.493 e. The number of benzene rings is 2. The molecule has 0 spiro atoms. The van der Waals surface area contributed by atoms with E-state index in [0.717, 1.165) is 22.1 Å². The Kier molecular flexibility index (Phi) is 6.51. The van der Waals surface area contributed by atoms with Crippen LogP contribution in [0, 0.1) is 0 Å². The maximum atomic E-state index is 13.3. The third kappa shape index (κ3) is 4.64. The van der Waals surface area contributed by atoms with Crippen molar-refractivity contribution in [2.24, 2.45) is 0 Å². The standard InChI is InChI=1S/C24H22F3NO4S/c1-30-19-12-15-9-10-28(23(21-8-5-11-33-21)16(15)13-20(19)31-2)22(29)14-32-18-7-4-3-6-17(18)24(25,26)27/h3-8,11-13,23H,9-10,14H2,1-2H3. The highest BCUT2D eigenvalue weighted by Gasteiger charge is 2.36. The first-order valence-electron chi connectivity index (χ1n) is 10.2. The van der Waals surface area contributed by atoms with E-state index >= 15 is 0 Å². The molecule has 0 saturated carbocycles. The predicted octanol–water partition coefficient (Wildman–Crippen LogP) is 5.34. The Morgan fingerprint density at radius 3 is 2.45 bits per heavy atom. The summed E-state index contributed by atoms with van der Waals surface area (Å²) in [6, 6.07) is 12.1. The third-order valence-electron chi connectivity index (χ3n) is 5.55. The normalized spacial score (nSPS) is 15.7. The van der Waals surface area contributed by atoms with Gasteiger partial charge in [-0.15, -0.1) is 11.3 Å². The van der Waals surface area contributed by atoms with E-state index < -0.39 is 30.3 Å². The minimum atomic E-state index is -4.57. The molecule has 0 N–H and O–H groups in total. The molecule has 3 aromatic rings. The molecule has 5 nitrogen and oxygen atoms in total. The molecule has 1 amide bonds. The van der Waals surface area contributed by atoms with Crippen molar-refractivity contribution in [3.63, 3.8) is 0 Å². The van der Waals surface area contributed by atoms with Crippen molar-refractivity contribution in [3.05, 3.63) is 75.5 Å². The Balaban J connectivity index is 1.64. The summed E-state index contributed by atoms with van der Waals surface area (Å²) in [5.41, 5.74) is 1.01. The van der Waals surface area contributed by atoms with Crippen molar-refractivity contribution in [2.75, 3.05) is 27.4 Å². The SMILES string of the molecule is COc1cc2c(cc1OC)C(c1cccs1)N(C(=O)COc1ccccc1C(F)(F)F)CC2. The van der Waals surface area contributed by atoms with E-state index in [1.807, 2.05) is 29.6 Å². The molecule has 2 heterocycles. The number of methoxy groups -OCH3 is 2. The molecule has 2 aromatic carbocycles. The van der Waals surface area contributed by atoms with Gasteiger partial charge in [-0.2, -0.15) is 13.2 Å². The van der Waals surface area contributed by atoms with Crippen LogP contribution in [0.3, 0.4) is 0 Å². The molecule has 1 atom stereocenters.